The first-order valence-electron chi connectivity index (χ1n) is 6.36. The minimum absolute atomic E-state index is 0.0861. The van der Waals surface area contributed by atoms with Crippen molar-refractivity contribution in [2.45, 2.75) is 43.9 Å². The fraction of sp³-hybridized carbons (Fsp3) is 0.571. The zero-order chi connectivity index (χ0) is 12.3. The van der Waals surface area contributed by atoms with Crippen LogP contribution in [0.2, 0.25) is 0 Å². The zero-order valence-electron chi connectivity index (χ0n) is 10.4. The van der Waals surface area contributed by atoms with Gasteiger partial charge >= 0.3 is 0 Å². The van der Waals surface area contributed by atoms with Gasteiger partial charge in [-0.1, -0.05) is 42.7 Å². The second-order valence-electron chi connectivity index (χ2n) is 4.97. The molecule has 0 spiro atoms. The molecule has 1 aliphatic carbocycles. The number of rotatable bonds is 4. The highest BCUT2D eigenvalue weighted by Gasteiger charge is 2.23. The van der Waals surface area contributed by atoms with Crippen LogP contribution in [0.15, 0.2) is 24.3 Å². The third-order valence-electron chi connectivity index (χ3n) is 3.52. The van der Waals surface area contributed by atoms with E-state index in [2.05, 4.69) is 19.1 Å². The van der Waals surface area contributed by atoms with Gasteiger partial charge in [-0.05, 0) is 25.3 Å². The van der Waals surface area contributed by atoms with Crippen molar-refractivity contribution >= 4 is 10.8 Å². The molecule has 0 radical (unpaired) electrons. The molecule has 2 nitrogen and oxygen atoms in total. The van der Waals surface area contributed by atoms with E-state index in [4.69, 9.17) is 5.73 Å². The average molecular weight is 251 g/mol. The molecule has 0 aromatic heterocycles. The van der Waals surface area contributed by atoms with Gasteiger partial charge in [-0.25, -0.2) is 0 Å². The van der Waals surface area contributed by atoms with Crippen LogP contribution >= 0.6 is 0 Å². The summed E-state index contributed by atoms with van der Waals surface area (Å²) in [5, 5.41) is 0.395. The Morgan fingerprint density at radius 2 is 1.88 bits per heavy atom. The van der Waals surface area contributed by atoms with E-state index in [-0.39, 0.29) is 6.04 Å². The third kappa shape index (κ3) is 3.39. The molecule has 0 aliphatic heterocycles. The Morgan fingerprint density at radius 3 is 2.47 bits per heavy atom. The normalized spacial score (nSPS) is 20.4. The standard InChI is InChI=1S/C14H21NOS/c1-11-6-8-12(9-7-11)14(15)10-17(16)13-4-2-3-5-13/h6-9,13-14H,2-5,10,15H2,1H3. The van der Waals surface area contributed by atoms with Crippen LogP contribution in [0.3, 0.4) is 0 Å². The Kier molecular flexibility index (Phi) is 4.35. The van der Waals surface area contributed by atoms with E-state index in [1.54, 1.807) is 0 Å². The fourth-order valence-corrected chi connectivity index (χ4v) is 4.05. The maximum atomic E-state index is 12.1. The molecule has 17 heavy (non-hydrogen) atoms. The Hall–Kier alpha value is -0.670. The molecule has 2 atom stereocenters. The number of benzene rings is 1. The van der Waals surface area contributed by atoms with Gasteiger partial charge in [0.1, 0.15) is 0 Å². The summed E-state index contributed by atoms with van der Waals surface area (Å²) in [5.74, 6) is 0.605. The lowest BCUT2D eigenvalue weighted by molar-refractivity contribution is 0.661. The number of aryl methyl sites for hydroxylation is 1. The Labute approximate surface area is 106 Å². The number of nitrogens with two attached hydrogens (primary N) is 1. The molecule has 1 aromatic carbocycles. The number of hydrogen-bond donors (Lipinski definition) is 1. The Balaban J connectivity index is 1.93. The van der Waals surface area contributed by atoms with Crippen LogP contribution in [0.25, 0.3) is 0 Å². The first-order valence-corrected chi connectivity index (χ1v) is 7.74. The van der Waals surface area contributed by atoms with Crippen LogP contribution in [0.1, 0.15) is 42.9 Å². The van der Waals surface area contributed by atoms with Crippen molar-refractivity contribution in [3.05, 3.63) is 35.4 Å². The molecule has 0 saturated heterocycles. The summed E-state index contributed by atoms with van der Waals surface area (Å²) in [7, 11) is -0.756. The van der Waals surface area contributed by atoms with Crippen LogP contribution in [0.4, 0.5) is 0 Å². The van der Waals surface area contributed by atoms with Crippen LogP contribution in [-0.2, 0) is 10.8 Å². The summed E-state index contributed by atoms with van der Waals surface area (Å²) in [5.41, 5.74) is 8.45. The minimum atomic E-state index is -0.756. The van der Waals surface area contributed by atoms with E-state index in [9.17, 15) is 4.21 Å². The van der Waals surface area contributed by atoms with Crippen LogP contribution < -0.4 is 5.73 Å². The predicted molar refractivity (Wildman–Crippen MR) is 73.4 cm³/mol. The third-order valence-corrected chi connectivity index (χ3v) is 5.43. The molecule has 1 aromatic rings. The molecule has 0 amide bonds. The lowest BCUT2D eigenvalue weighted by atomic mass is 10.1. The van der Waals surface area contributed by atoms with E-state index in [1.807, 2.05) is 12.1 Å². The molecular weight excluding hydrogens is 230 g/mol. The summed E-state index contributed by atoms with van der Waals surface area (Å²) in [6.45, 7) is 2.06. The zero-order valence-corrected chi connectivity index (χ0v) is 11.2. The highest BCUT2D eigenvalue weighted by Crippen LogP contribution is 2.24. The van der Waals surface area contributed by atoms with Gasteiger partial charge in [-0.15, -0.1) is 0 Å². The summed E-state index contributed by atoms with van der Waals surface area (Å²) >= 11 is 0. The van der Waals surface area contributed by atoms with Gasteiger partial charge in [0.05, 0.1) is 0 Å². The number of hydrogen-bond acceptors (Lipinski definition) is 2. The molecule has 0 heterocycles. The predicted octanol–water partition coefficient (Wildman–Crippen LogP) is 2.69. The van der Waals surface area contributed by atoms with Gasteiger partial charge in [0.15, 0.2) is 0 Å². The minimum Gasteiger partial charge on any atom is -0.323 e. The van der Waals surface area contributed by atoms with E-state index in [0.29, 0.717) is 11.0 Å². The van der Waals surface area contributed by atoms with Gasteiger partial charge in [-0.3, -0.25) is 4.21 Å². The van der Waals surface area contributed by atoms with Crippen molar-refractivity contribution in [2.75, 3.05) is 5.75 Å². The monoisotopic (exact) mass is 251 g/mol. The summed E-state index contributed by atoms with van der Waals surface area (Å²) in [6, 6.07) is 8.14. The molecule has 3 heteroatoms. The van der Waals surface area contributed by atoms with E-state index in [1.165, 1.54) is 18.4 Å². The van der Waals surface area contributed by atoms with Gasteiger partial charge in [0.2, 0.25) is 0 Å². The average Bonchev–Trinajstić information content (AvgIpc) is 2.83. The van der Waals surface area contributed by atoms with Crippen LogP contribution in [0.5, 0.6) is 0 Å². The molecular formula is C14H21NOS. The van der Waals surface area contributed by atoms with E-state index in [0.717, 1.165) is 18.4 Å². The molecule has 1 fully saturated rings. The van der Waals surface area contributed by atoms with Crippen LogP contribution in [0, 0.1) is 6.92 Å². The van der Waals surface area contributed by atoms with E-state index < -0.39 is 10.8 Å². The molecule has 2 unspecified atom stereocenters. The van der Waals surface area contributed by atoms with Gasteiger partial charge in [0.25, 0.3) is 0 Å². The molecule has 1 aliphatic rings. The molecule has 0 bridgehead atoms. The van der Waals surface area contributed by atoms with Crippen molar-refractivity contribution in [3.63, 3.8) is 0 Å². The maximum Gasteiger partial charge on any atom is 0.0431 e. The Bertz CT molecular complexity index is 382. The smallest absolute Gasteiger partial charge is 0.0431 e. The summed E-state index contributed by atoms with van der Waals surface area (Å²) in [6.07, 6.45) is 4.70. The van der Waals surface area contributed by atoms with Gasteiger partial charge in [0, 0.05) is 27.8 Å². The molecule has 2 N–H and O–H groups in total. The SMILES string of the molecule is Cc1ccc(C(N)CS(=O)C2CCCC2)cc1. The lowest BCUT2D eigenvalue weighted by Gasteiger charge is -2.15. The molecule has 2 rings (SSSR count). The molecule has 94 valence electrons. The van der Waals surface area contributed by atoms with Crippen molar-refractivity contribution in [3.8, 4) is 0 Å². The van der Waals surface area contributed by atoms with Gasteiger partial charge in [-0.2, -0.15) is 0 Å². The quantitative estimate of drug-likeness (QED) is 0.894. The largest absolute Gasteiger partial charge is 0.323 e. The highest BCUT2D eigenvalue weighted by molar-refractivity contribution is 7.85. The first-order chi connectivity index (χ1) is 8.16. The Morgan fingerprint density at radius 1 is 1.29 bits per heavy atom. The first kappa shape index (κ1) is 12.8. The van der Waals surface area contributed by atoms with Gasteiger partial charge < -0.3 is 5.73 Å². The second-order valence-corrected chi connectivity index (χ2v) is 6.73. The topological polar surface area (TPSA) is 43.1 Å². The van der Waals surface area contributed by atoms with Crippen molar-refractivity contribution < 1.29 is 4.21 Å². The highest BCUT2D eigenvalue weighted by atomic mass is 32.2. The lowest BCUT2D eigenvalue weighted by Crippen LogP contribution is -2.23. The van der Waals surface area contributed by atoms with Crippen LogP contribution in [-0.4, -0.2) is 15.2 Å². The molecule has 1 saturated carbocycles. The van der Waals surface area contributed by atoms with Crippen molar-refractivity contribution in [2.24, 2.45) is 5.73 Å². The fourth-order valence-electron chi connectivity index (χ4n) is 2.37. The van der Waals surface area contributed by atoms with Crippen molar-refractivity contribution in [1.29, 1.82) is 0 Å². The second kappa shape index (κ2) is 5.78. The van der Waals surface area contributed by atoms with E-state index >= 15 is 0 Å². The summed E-state index contributed by atoms with van der Waals surface area (Å²) < 4.78 is 12.1. The van der Waals surface area contributed by atoms with Crippen molar-refractivity contribution in [1.82, 2.24) is 0 Å². The maximum absolute atomic E-state index is 12.1. The summed E-state index contributed by atoms with van der Waals surface area (Å²) in [4.78, 5) is 0.